The third-order valence-electron chi connectivity index (χ3n) is 4.29. The highest BCUT2D eigenvalue weighted by molar-refractivity contribution is 7.28. The third-order valence-corrected chi connectivity index (χ3v) is 6.74. The number of fused-ring (bicyclic) bond motifs is 1. The molecule has 0 atom stereocenters. The molecule has 0 aliphatic heterocycles. The summed E-state index contributed by atoms with van der Waals surface area (Å²) in [5.74, 6) is 0. The van der Waals surface area contributed by atoms with E-state index in [0.717, 1.165) is 17.6 Å². The summed E-state index contributed by atoms with van der Waals surface area (Å²) < 4.78 is 2.79. The molecule has 0 aliphatic carbocycles. The lowest BCUT2D eigenvalue weighted by molar-refractivity contribution is 0.112. The predicted molar refractivity (Wildman–Crippen MR) is 101 cm³/mol. The Balaban J connectivity index is 2.07. The molecule has 3 heteroatoms. The molecule has 0 amide bonds. The Kier molecular flexibility index (Phi) is 7.61. The van der Waals surface area contributed by atoms with Crippen molar-refractivity contribution in [1.29, 1.82) is 0 Å². The average Bonchev–Trinajstić information content (AvgIpc) is 3.08. The van der Waals surface area contributed by atoms with E-state index in [1.54, 1.807) is 11.3 Å². The SMILES string of the molecule is CCCCCCc1csc2c(CCCCCC)c(C=O)sc12. The first kappa shape index (κ1) is 17.7. The highest BCUT2D eigenvalue weighted by Crippen LogP contribution is 2.39. The largest absolute Gasteiger partial charge is 0.297 e. The van der Waals surface area contributed by atoms with Gasteiger partial charge in [-0.25, -0.2) is 0 Å². The van der Waals surface area contributed by atoms with Gasteiger partial charge < -0.3 is 0 Å². The molecule has 0 N–H and O–H groups in total. The molecule has 0 saturated heterocycles. The second kappa shape index (κ2) is 9.46. The second-order valence-electron chi connectivity index (χ2n) is 6.10. The number of aryl methyl sites for hydroxylation is 2. The van der Waals surface area contributed by atoms with E-state index in [0.29, 0.717) is 0 Å². The van der Waals surface area contributed by atoms with Gasteiger partial charge in [-0.1, -0.05) is 52.4 Å². The lowest BCUT2D eigenvalue weighted by Gasteiger charge is -1.99. The Morgan fingerprint density at radius 1 is 0.909 bits per heavy atom. The summed E-state index contributed by atoms with van der Waals surface area (Å²) in [7, 11) is 0. The number of aldehydes is 1. The molecule has 0 bridgehead atoms. The van der Waals surface area contributed by atoms with Gasteiger partial charge in [0.05, 0.1) is 4.88 Å². The van der Waals surface area contributed by atoms with Gasteiger partial charge in [-0.3, -0.25) is 4.79 Å². The zero-order valence-electron chi connectivity index (χ0n) is 14.0. The molecule has 1 nitrogen and oxygen atoms in total. The van der Waals surface area contributed by atoms with Crippen molar-refractivity contribution in [2.75, 3.05) is 0 Å². The zero-order chi connectivity index (χ0) is 15.8. The lowest BCUT2D eigenvalue weighted by Crippen LogP contribution is -1.88. The van der Waals surface area contributed by atoms with Crippen LogP contribution in [0.15, 0.2) is 5.38 Å². The van der Waals surface area contributed by atoms with Crippen LogP contribution in [0.1, 0.15) is 86.0 Å². The maximum absolute atomic E-state index is 11.4. The van der Waals surface area contributed by atoms with Crippen molar-refractivity contribution in [3.63, 3.8) is 0 Å². The quantitative estimate of drug-likeness (QED) is 0.318. The summed E-state index contributed by atoms with van der Waals surface area (Å²) in [6.07, 6.45) is 13.6. The van der Waals surface area contributed by atoms with Crippen LogP contribution in [0.3, 0.4) is 0 Å². The number of thiophene rings is 2. The van der Waals surface area contributed by atoms with Gasteiger partial charge in [-0.15, -0.1) is 22.7 Å². The molecule has 2 rings (SSSR count). The van der Waals surface area contributed by atoms with E-state index in [1.165, 1.54) is 78.3 Å². The van der Waals surface area contributed by atoms with Crippen molar-refractivity contribution in [2.45, 2.75) is 78.1 Å². The number of unbranched alkanes of at least 4 members (excludes halogenated alkanes) is 6. The fraction of sp³-hybridized carbons (Fsp3) is 0.632. The molecule has 0 unspecified atom stereocenters. The van der Waals surface area contributed by atoms with Gasteiger partial charge in [0.15, 0.2) is 6.29 Å². The zero-order valence-corrected chi connectivity index (χ0v) is 15.6. The van der Waals surface area contributed by atoms with E-state index >= 15 is 0 Å². The van der Waals surface area contributed by atoms with Crippen molar-refractivity contribution >= 4 is 38.4 Å². The van der Waals surface area contributed by atoms with E-state index in [2.05, 4.69) is 19.2 Å². The van der Waals surface area contributed by atoms with Gasteiger partial charge in [-0.2, -0.15) is 0 Å². The molecule has 2 heterocycles. The molecule has 0 fully saturated rings. The minimum atomic E-state index is 0.980. The van der Waals surface area contributed by atoms with E-state index in [4.69, 9.17) is 0 Å². The molecular formula is C19H28OS2. The normalized spacial score (nSPS) is 11.4. The topological polar surface area (TPSA) is 17.1 Å². The van der Waals surface area contributed by atoms with Crippen LogP contribution in [0.4, 0.5) is 0 Å². The summed E-state index contributed by atoms with van der Waals surface area (Å²) >= 11 is 3.58. The maximum atomic E-state index is 11.4. The van der Waals surface area contributed by atoms with Gasteiger partial charge in [0.2, 0.25) is 0 Å². The predicted octanol–water partition coefficient (Wildman–Crippen LogP) is 7.02. The van der Waals surface area contributed by atoms with Gasteiger partial charge in [0.1, 0.15) is 0 Å². The van der Waals surface area contributed by atoms with Crippen LogP contribution in [0.25, 0.3) is 9.40 Å². The fourth-order valence-corrected chi connectivity index (χ4v) is 5.56. The first-order valence-corrected chi connectivity index (χ1v) is 10.5. The minimum absolute atomic E-state index is 0.980. The van der Waals surface area contributed by atoms with E-state index in [1.807, 2.05) is 11.3 Å². The van der Waals surface area contributed by atoms with Crippen LogP contribution in [0.2, 0.25) is 0 Å². The smallest absolute Gasteiger partial charge is 0.160 e. The van der Waals surface area contributed by atoms with E-state index in [9.17, 15) is 4.79 Å². The van der Waals surface area contributed by atoms with E-state index in [-0.39, 0.29) is 0 Å². The highest BCUT2D eigenvalue weighted by Gasteiger charge is 2.16. The van der Waals surface area contributed by atoms with Crippen molar-refractivity contribution in [2.24, 2.45) is 0 Å². The van der Waals surface area contributed by atoms with Crippen LogP contribution in [-0.4, -0.2) is 6.29 Å². The molecular weight excluding hydrogens is 308 g/mol. The Hall–Kier alpha value is -0.670. The summed E-state index contributed by atoms with van der Waals surface area (Å²) in [5.41, 5.74) is 2.81. The number of hydrogen-bond acceptors (Lipinski definition) is 3. The van der Waals surface area contributed by atoms with E-state index < -0.39 is 0 Å². The van der Waals surface area contributed by atoms with Crippen molar-refractivity contribution < 1.29 is 4.79 Å². The Labute approximate surface area is 142 Å². The van der Waals surface area contributed by atoms with Crippen molar-refractivity contribution in [3.05, 3.63) is 21.4 Å². The molecule has 122 valence electrons. The minimum Gasteiger partial charge on any atom is -0.297 e. The number of carbonyl (C=O) groups excluding carboxylic acids is 1. The second-order valence-corrected chi connectivity index (χ2v) is 8.04. The van der Waals surface area contributed by atoms with Crippen LogP contribution in [-0.2, 0) is 12.8 Å². The molecule has 2 aromatic heterocycles. The van der Waals surface area contributed by atoms with Gasteiger partial charge in [0.25, 0.3) is 0 Å². The van der Waals surface area contributed by atoms with Crippen molar-refractivity contribution in [3.8, 4) is 0 Å². The first-order chi connectivity index (χ1) is 10.8. The third kappa shape index (κ3) is 4.42. The van der Waals surface area contributed by atoms with Crippen LogP contribution >= 0.6 is 22.7 Å². The lowest BCUT2D eigenvalue weighted by atomic mass is 10.1. The molecule has 22 heavy (non-hydrogen) atoms. The summed E-state index contributed by atoms with van der Waals surface area (Å²) in [4.78, 5) is 12.4. The van der Waals surface area contributed by atoms with Gasteiger partial charge >= 0.3 is 0 Å². The first-order valence-electron chi connectivity index (χ1n) is 8.78. The Morgan fingerprint density at radius 3 is 2.23 bits per heavy atom. The van der Waals surface area contributed by atoms with Crippen molar-refractivity contribution in [1.82, 2.24) is 0 Å². The number of carbonyl (C=O) groups is 1. The van der Waals surface area contributed by atoms with Gasteiger partial charge in [0, 0.05) is 9.40 Å². The summed E-state index contributed by atoms with van der Waals surface area (Å²) in [6, 6.07) is 0. The Bertz CT molecular complexity index is 580. The monoisotopic (exact) mass is 336 g/mol. The molecule has 2 aromatic rings. The standard InChI is InChI=1S/C19H28OS2/c1-3-5-7-9-11-15-14-21-19-16(12-10-8-6-4-2)17(13-20)22-18(15)19/h13-14H,3-12H2,1-2H3. The van der Waals surface area contributed by atoms with Crippen LogP contribution in [0.5, 0.6) is 0 Å². The van der Waals surface area contributed by atoms with Crippen LogP contribution < -0.4 is 0 Å². The number of hydrogen-bond donors (Lipinski definition) is 0. The summed E-state index contributed by atoms with van der Waals surface area (Å²) in [6.45, 7) is 4.49. The number of rotatable bonds is 11. The van der Waals surface area contributed by atoms with Gasteiger partial charge in [-0.05, 0) is 42.2 Å². The maximum Gasteiger partial charge on any atom is 0.160 e. The molecule has 0 aromatic carbocycles. The molecule has 0 radical (unpaired) electrons. The fourth-order valence-electron chi connectivity index (χ4n) is 2.96. The summed E-state index contributed by atoms with van der Waals surface area (Å²) in [5, 5.41) is 2.33. The van der Waals surface area contributed by atoms with Crippen LogP contribution in [0, 0.1) is 0 Å². The highest BCUT2D eigenvalue weighted by atomic mass is 32.1. The molecule has 0 spiro atoms. The molecule has 0 saturated carbocycles. The Morgan fingerprint density at radius 2 is 1.59 bits per heavy atom. The average molecular weight is 337 g/mol. The molecule has 0 aliphatic rings.